The minimum absolute atomic E-state index is 0.0220. The molecule has 3 nitrogen and oxygen atoms in total. The molecule has 0 fully saturated rings. The summed E-state index contributed by atoms with van der Waals surface area (Å²) in [4.78, 5) is 0. The number of anilines is 1. The van der Waals surface area contributed by atoms with Crippen molar-refractivity contribution in [1.82, 2.24) is 0 Å². The van der Waals surface area contributed by atoms with Gasteiger partial charge in [0, 0.05) is 23.9 Å². The fraction of sp³-hybridized carbons (Fsp3) is 0.500. The van der Waals surface area contributed by atoms with Gasteiger partial charge in [-0.05, 0) is 24.6 Å². The lowest BCUT2D eigenvalue weighted by atomic mass is 10.1. The molecule has 1 rings (SSSR count). The number of benzene rings is 1. The van der Waals surface area contributed by atoms with Gasteiger partial charge in [-0.15, -0.1) is 0 Å². The van der Waals surface area contributed by atoms with Crippen LogP contribution in [-0.2, 0) is 10.9 Å². The molecule has 0 heterocycles. The van der Waals surface area contributed by atoms with Crippen LogP contribution in [0.4, 0.5) is 18.9 Å². The highest BCUT2D eigenvalue weighted by Crippen LogP contribution is 2.36. The molecule has 0 bridgehead atoms. The molecular weight excluding hydrogens is 327 g/mol. The fourth-order valence-electron chi connectivity index (χ4n) is 1.65. The van der Waals surface area contributed by atoms with Crippen LogP contribution in [0, 0.1) is 0 Å². The van der Waals surface area contributed by atoms with Gasteiger partial charge in [0.25, 0.3) is 0 Å². The van der Waals surface area contributed by atoms with Gasteiger partial charge in [-0.25, -0.2) is 0 Å². The molecule has 2 N–H and O–H groups in total. The third-order valence-corrected chi connectivity index (χ3v) is 2.99. The van der Waals surface area contributed by atoms with E-state index in [4.69, 9.17) is 9.84 Å². The third-order valence-electron chi connectivity index (χ3n) is 2.49. The highest BCUT2D eigenvalue weighted by atomic mass is 79.9. The van der Waals surface area contributed by atoms with Crippen LogP contribution in [0.2, 0.25) is 0 Å². The van der Waals surface area contributed by atoms with E-state index in [1.54, 1.807) is 0 Å². The molecule has 7 heteroatoms. The predicted octanol–water partition coefficient (Wildman–Crippen LogP) is 3.28. The third kappa shape index (κ3) is 5.00. The molecule has 1 aromatic rings. The average molecular weight is 342 g/mol. The van der Waals surface area contributed by atoms with Crippen molar-refractivity contribution in [1.29, 1.82) is 0 Å². The zero-order valence-electron chi connectivity index (χ0n) is 10.3. The molecule has 1 atom stereocenters. The number of hydrogen-bond donors (Lipinski definition) is 2. The van der Waals surface area contributed by atoms with Crippen molar-refractivity contribution in [2.75, 3.05) is 25.6 Å². The molecule has 0 saturated carbocycles. The summed E-state index contributed by atoms with van der Waals surface area (Å²) in [5, 5.41) is 11.6. The summed E-state index contributed by atoms with van der Waals surface area (Å²) in [5.41, 5.74) is -0.771. The van der Waals surface area contributed by atoms with Gasteiger partial charge in [0.1, 0.15) is 0 Å². The van der Waals surface area contributed by atoms with Gasteiger partial charge in [-0.2, -0.15) is 13.2 Å². The molecule has 19 heavy (non-hydrogen) atoms. The van der Waals surface area contributed by atoms with Crippen LogP contribution in [-0.4, -0.2) is 31.5 Å². The Morgan fingerprint density at radius 3 is 2.63 bits per heavy atom. The molecule has 1 unspecified atom stereocenters. The molecule has 108 valence electrons. The summed E-state index contributed by atoms with van der Waals surface area (Å²) in [6.45, 7) is 0.0901. The summed E-state index contributed by atoms with van der Waals surface area (Å²) in [6, 6.07) is 3.52. The number of ether oxygens (including phenoxy) is 1. The van der Waals surface area contributed by atoms with Crippen molar-refractivity contribution in [3.63, 3.8) is 0 Å². The summed E-state index contributed by atoms with van der Waals surface area (Å²) >= 11 is 3.02. The Hall–Kier alpha value is -0.790. The Bertz CT molecular complexity index is 406. The molecular formula is C12H15BrF3NO2. The van der Waals surface area contributed by atoms with E-state index in [9.17, 15) is 13.2 Å². The minimum Gasteiger partial charge on any atom is -0.396 e. The van der Waals surface area contributed by atoms with E-state index in [1.807, 2.05) is 0 Å². The summed E-state index contributed by atoms with van der Waals surface area (Å²) in [5.74, 6) is 0. The quantitative estimate of drug-likeness (QED) is 0.834. The van der Waals surface area contributed by atoms with Crippen LogP contribution in [0.3, 0.4) is 0 Å². The Morgan fingerprint density at radius 1 is 1.42 bits per heavy atom. The van der Waals surface area contributed by atoms with Crippen LogP contribution in [0.25, 0.3) is 0 Å². The largest absolute Gasteiger partial charge is 0.418 e. The zero-order valence-corrected chi connectivity index (χ0v) is 11.9. The Kier molecular flexibility index (Phi) is 6.09. The van der Waals surface area contributed by atoms with Crippen molar-refractivity contribution < 1.29 is 23.0 Å². The van der Waals surface area contributed by atoms with E-state index in [2.05, 4.69) is 21.2 Å². The number of nitrogens with one attached hydrogen (secondary N) is 1. The monoisotopic (exact) mass is 341 g/mol. The lowest BCUT2D eigenvalue weighted by Gasteiger charge is -2.21. The topological polar surface area (TPSA) is 41.5 Å². The second-order valence-corrected chi connectivity index (χ2v) is 4.91. The van der Waals surface area contributed by atoms with Crippen molar-refractivity contribution in [2.45, 2.75) is 18.6 Å². The molecule has 0 saturated heterocycles. The number of rotatable bonds is 6. The van der Waals surface area contributed by atoms with E-state index in [-0.39, 0.29) is 24.9 Å². The van der Waals surface area contributed by atoms with E-state index < -0.39 is 11.7 Å². The van der Waals surface area contributed by atoms with E-state index in [0.717, 1.165) is 6.07 Å². The van der Waals surface area contributed by atoms with Gasteiger partial charge in [0.05, 0.1) is 18.2 Å². The number of aliphatic hydroxyl groups is 1. The van der Waals surface area contributed by atoms with Crippen LogP contribution in [0.1, 0.15) is 12.0 Å². The molecule has 1 aromatic carbocycles. The number of halogens is 4. The lowest BCUT2D eigenvalue weighted by Crippen LogP contribution is -2.27. The molecule has 0 aliphatic rings. The van der Waals surface area contributed by atoms with E-state index in [0.29, 0.717) is 10.9 Å². The Morgan fingerprint density at radius 2 is 2.11 bits per heavy atom. The van der Waals surface area contributed by atoms with Crippen molar-refractivity contribution in [3.05, 3.63) is 28.2 Å². The molecule has 0 amide bonds. The number of hydrogen-bond acceptors (Lipinski definition) is 3. The summed E-state index contributed by atoms with van der Waals surface area (Å²) < 4.78 is 44.0. The summed E-state index contributed by atoms with van der Waals surface area (Å²) in [6.07, 6.45) is -4.13. The SMILES string of the molecule is COCC(CCO)Nc1ccc(Br)cc1C(F)(F)F. The maximum absolute atomic E-state index is 12.9. The maximum Gasteiger partial charge on any atom is 0.418 e. The second kappa shape index (κ2) is 7.12. The molecule has 0 spiro atoms. The van der Waals surface area contributed by atoms with Crippen LogP contribution < -0.4 is 5.32 Å². The first-order valence-electron chi connectivity index (χ1n) is 5.61. The first kappa shape index (κ1) is 16.3. The van der Waals surface area contributed by atoms with Gasteiger partial charge in [-0.1, -0.05) is 15.9 Å². The lowest BCUT2D eigenvalue weighted by molar-refractivity contribution is -0.137. The molecule has 0 aliphatic carbocycles. The maximum atomic E-state index is 12.9. The number of aliphatic hydroxyl groups excluding tert-OH is 1. The smallest absolute Gasteiger partial charge is 0.396 e. The fourth-order valence-corrected chi connectivity index (χ4v) is 2.01. The van der Waals surface area contributed by atoms with E-state index >= 15 is 0 Å². The highest BCUT2D eigenvalue weighted by molar-refractivity contribution is 9.10. The molecule has 0 aromatic heterocycles. The second-order valence-electron chi connectivity index (χ2n) is 4.00. The number of alkyl halides is 3. The first-order chi connectivity index (χ1) is 8.88. The van der Waals surface area contributed by atoms with Crippen LogP contribution >= 0.6 is 15.9 Å². The highest BCUT2D eigenvalue weighted by Gasteiger charge is 2.34. The predicted molar refractivity (Wildman–Crippen MR) is 70.1 cm³/mol. The normalized spacial score (nSPS) is 13.4. The van der Waals surface area contributed by atoms with Crippen LogP contribution in [0.15, 0.2) is 22.7 Å². The van der Waals surface area contributed by atoms with E-state index in [1.165, 1.54) is 19.2 Å². The minimum atomic E-state index is -4.44. The standard InChI is InChI=1S/C12H15BrF3NO2/c1-19-7-9(4-5-18)17-11-3-2-8(13)6-10(11)12(14,15)16/h2-3,6,9,17-18H,4-5,7H2,1H3. The van der Waals surface area contributed by atoms with Gasteiger partial charge in [-0.3, -0.25) is 0 Å². The van der Waals surface area contributed by atoms with Gasteiger partial charge in [0.2, 0.25) is 0 Å². The molecule has 0 radical (unpaired) electrons. The van der Waals surface area contributed by atoms with Crippen molar-refractivity contribution in [2.24, 2.45) is 0 Å². The molecule has 0 aliphatic heterocycles. The zero-order chi connectivity index (χ0) is 14.5. The van der Waals surface area contributed by atoms with Crippen LogP contribution in [0.5, 0.6) is 0 Å². The van der Waals surface area contributed by atoms with Crippen molar-refractivity contribution in [3.8, 4) is 0 Å². The Labute approximate surface area is 117 Å². The Balaban J connectivity index is 2.98. The first-order valence-corrected chi connectivity index (χ1v) is 6.41. The van der Waals surface area contributed by atoms with Gasteiger partial charge >= 0.3 is 6.18 Å². The average Bonchev–Trinajstić information content (AvgIpc) is 2.31. The van der Waals surface area contributed by atoms with Gasteiger partial charge < -0.3 is 15.2 Å². The summed E-state index contributed by atoms with van der Waals surface area (Å²) in [7, 11) is 1.46. The number of methoxy groups -OCH3 is 1. The van der Waals surface area contributed by atoms with Gasteiger partial charge in [0.15, 0.2) is 0 Å². The van der Waals surface area contributed by atoms with Crippen molar-refractivity contribution >= 4 is 21.6 Å².